The zero-order valence-electron chi connectivity index (χ0n) is 11.9. The van der Waals surface area contributed by atoms with Crippen molar-refractivity contribution in [2.24, 2.45) is 0 Å². The number of aromatic nitrogens is 1. The number of hydrogen-bond donors (Lipinski definition) is 1. The Balaban J connectivity index is 2.05. The molecule has 0 aliphatic carbocycles. The molecule has 1 unspecified atom stereocenters. The van der Waals surface area contributed by atoms with E-state index in [-0.39, 0.29) is 12.1 Å². The predicted octanol–water partition coefficient (Wildman–Crippen LogP) is 4.51. The Morgan fingerprint density at radius 1 is 0.952 bits per heavy atom. The van der Waals surface area contributed by atoms with E-state index in [1.165, 1.54) is 12.1 Å². The van der Waals surface area contributed by atoms with E-state index >= 15 is 0 Å². The molecule has 0 spiro atoms. The highest BCUT2D eigenvalue weighted by Gasteiger charge is 2.30. The summed E-state index contributed by atoms with van der Waals surface area (Å²) in [7, 11) is 0. The Bertz CT molecular complexity index is 564. The Labute approximate surface area is 122 Å². The van der Waals surface area contributed by atoms with Crippen molar-refractivity contribution >= 4 is 0 Å². The summed E-state index contributed by atoms with van der Waals surface area (Å²) in [6.45, 7) is 3.89. The van der Waals surface area contributed by atoms with Crippen LogP contribution in [0, 0.1) is 0 Å². The van der Waals surface area contributed by atoms with Gasteiger partial charge in [-0.25, -0.2) is 0 Å². The van der Waals surface area contributed by atoms with E-state index in [0.29, 0.717) is 0 Å². The summed E-state index contributed by atoms with van der Waals surface area (Å²) < 4.78 is 37.6. The maximum Gasteiger partial charge on any atom is 0.416 e. The summed E-state index contributed by atoms with van der Waals surface area (Å²) in [5.74, 6) is 0. The summed E-state index contributed by atoms with van der Waals surface area (Å²) in [4.78, 5) is 4.26. The lowest BCUT2D eigenvalue weighted by Crippen LogP contribution is -2.23. The van der Waals surface area contributed by atoms with Crippen molar-refractivity contribution < 1.29 is 13.2 Å². The second kappa shape index (κ2) is 6.26. The van der Waals surface area contributed by atoms with Gasteiger partial charge in [0.15, 0.2) is 0 Å². The first-order valence-corrected chi connectivity index (χ1v) is 6.72. The number of nitrogens with one attached hydrogen (secondary N) is 1. The number of pyridine rings is 1. The molecule has 2 nitrogen and oxygen atoms in total. The van der Waals surface area contributed by atoms with Gasteiger partial charge in [-0.3, -0.25) is 4.98 Å². The first-order valence-electron chi connectivity index (χ1n) is 6.72. The van der Waals surface area contributed by atoms with Crippen LogP contribution in [-0.4, -0.2) is 4.98 Å². The molecule has 0 radical (unpaired) electrons. The van der Waals surface area contributed by atoms with E-state index in [9.17, 15) is 13.2 Å². The molecule has 2 rings (SSSR count). The van der Waals surface area contributed by atoms with E-state index in [0.717, 1.165) is 23.4 Å². The van der Waals surface area contributed by atoms with Gasteiger partial charge >= 0.3 is 6.18 Å². The molecule has 112 valence electrons. The number of benzene rings is 1. The molecule has 1 aromatic carbocycles. The summed E-state index contributed by atoms with van der Waals surface area (Å²) in [5, 5.41) is 3.33. The van der Waals surface area contributed by atoms with E-state index in [1.807, 2.05) is 32.0 Å². The largest absolute Gasteiger partial charge is 0.416 e. The molecule has 0 bridgehead atoms. The van der Waals surface area contributed by atoms with Gasteiger partial charge in [0, 0.05) is 18.3 Å². The Hall–Kier alpha value is -1.88. The first kappa shape index (κ1) is 15.5. The van der Waals surface area contributed by atoms with Crippen molar-refractivity contribution in [1.29, 1.82) is 0 Å². The lowest BCUT2D eigenvalue weighted by atomic mass is 10.0. The fourth-order valence-electron chi connectivity index (χ4n) is 2.15. The maximum absolute atomic E-state index is 12.5. The van der Waals surface area contributed by atoms with E-state index in [2.05, 4.69) is 10.3 Å². The zero-order chi connectivity index (χ0) is 15.5. The number of hydrogen-bond acceptors (Lipinski definition) is 2. The maximum atomic E-state index is 12.5. The van der Waals surface area contributed by atoms with Crippen LogP contribution in [0.5, 0.6) is 0 Å². The number of rotatable bonds is 4. The zero-order valence-corrected chi connectivity index (χ0v) is 11.9. The van der Waals surface area contributed by atoms with Crippen molar-refractivity contribution in [2.45, 2.75) is 32.1 Å². The highest BCUT2D eigenvalue weighted by atomic mass is 19.4. The molecule has 21 heavy (non-hydrogen) atoms. The normalized spacial score (nSPS) is 14.7. The second-order valence-electron chi connectivity index (χ2n) is 4.98. The second-order valence-corrected chi connectivity index (χ2v) is 4.98. The highest BCUT2D eigenvalue weighted by molar-refractivity contribution is 5.26. The predicted molar refractivity (Wildman–Crippen MR) is 75.6 cm³/mol. The molecule has 0 aliphatic rings. The molecular weight excluding hydrogens is 277 g/mol. The molecule has 0 aliphatic heterocycles. The molecule has 1 N–H and O–H groups in total. The topological polar surface area (TPSA) is 24.9 Å². The van der Waals surface area contributed by atoms with E-state index < -0.39 is 11.7 Å². The number of halogens is 3. The van der Waals surface area contributed by atoms with Crippen molar-refractivity contribution in [3.05, 3.63) is 65.5 Å². The monoisotopic (exact) mass is 294 g/mol. The molecule has 0 fully saturated rings. The third kappa shape index (κ3) is 4.04. The van der Waals surface area contributed by atoms with Crippen LogP contribution in [0.2, 0.25) is 0 Å². The first-order chi connectivity index (χ1) is 9.88. The minimum absolute atomic E-state index is 0.0171. The molecule has 5 heteroatoms. The van der Waals surface area contributed by atoms with Gasteiger partial charge in [0.2, 0.25) is 0 Å². The van der Waals surface area contributed by atoms with Gasteiger partial charge in [0.25, 0.3) is 0 Å². The summed E-state index contributed by atoms with van der Waals surface area (Å²) in [6.07, 6.45) is -2.58. The number of nitrogens with zero attached hydrogens (tertiary/aromatic N) is 1. The average molecular weight is 294 g/mol. The van der Waals surface area contributed by atoms with Crippen molar-refractivity contribution in [1.82, 2.24) is 10.3 Å². The fraction of sp³-hybridized carbons (Fsp3) is 0.312. The van der Waals surface area contributed by atoms with Gasteiger partial charge < -0.3 is 5.32 Å². The number of alkyl halides is 3. The molecule has 0 amide bonds. The van der Waals surface area contributed by atoms with Crippen molar-refractivity contribution in [2.75, 3.05) is 0 Å². The van der Waals surface area contributed by atoms with Crippen molar-refractivity contribution in [3.8, 4) is 0 Å². The van der Waals surface area contributed by atoms with Crippen LogP contribution in [-0.2, 0) is 6.18 Å². The molecule has 1 heterocycles. The Morgan fingerprint density at radius 3 is 2.14 bits per heavy atom. The van der Waals surface area contributed by atoms with Crippen LogP contribution in [0.3, 0.4) is 0 Å². The quantitative estimate of drug-likeness (QED) is 0.897. The van der Waals surface area contributed by atoms with Crippen LogP contribution in [0.15, 0.2) is 48.7 Å². The van der Waals surface area contributed by atoms with Gasteiger partial charge in [-0.15, -0.1) is 0 Å². The minimum atomic E-state index is -4.30. The third-order valence-electron chi connectivity index (χ3n) is 3.37. The smallest absolute Gasteiger partial charge is 0.302 e. The lowest BCUT2D eigenvalue weighted by molar-refractivity contribution is -0.137. The Kier molecular flexibility index (Phi) is 4.63. The Morgan fingerprint density at radius 2 is 1.62 bits per heavy atom. The van der Waals surface area contributed by atoms with Gasteiger partial charge in [-0.2, -0.15) is 13.2 Å². The van der Waals surface area contributed by atoms with Crippen LogP contribution in [0.4, 0.5) is 13.2 Å². The molecule has 2 aromatic rings. The lowest BCUT2D eigenvalue weighted by Gasteiger charge is -2.20. The van der Waals surface area contributed by atoms with Crippen LogP contribution < -0.4 is 5.32 Å². The standard InChI is InChI=1S/C16H17F3N2/c1-11(21-12(2)15-5-3-4-10-20-15)13-6-8-14(9-7-13)16(17,18)19/h3-12,21H,1-2H3/t11?,12-/m0/s1. The fourth-order valence-corrected chi connectivity index (χ4v) is 2.15. The third-order valence-corrected chi connectivity index (χ3v) is 3.37. The minimum Gasteiger partial charge on any atom is -0.302 e. The van der Waals surface area contributed by atoms with Gasteiger partial charge in [0.1, 0.15) is 0 Å². The summed E-state index contributed by atoms with van der Waals surface area (Å²) in [6, 6.07) is 10.8. The van der Waals surface area contributed by atoms with Gasteiger partial charge in [-0.1, -0.05) is 18.2 Å². The SMILES string of the molecule is CC(N[C@@H](C)c1ccccn1)c1ccc(C(F)(F)F)cc1. The molecule has 0 saturated carbocycles. The molecule has 1 aromatic heterocycles. The molecular formula is C16H17F3N2. The van der Waals surface area contributed by atoms with E-state index in [1.54, 1.807) is 6.20 Å². The van der Waals surface area contributed by atoms with Crippen molar-refractivity contribution in [3.63, 3.8) is 0 Å². The summed E-state index contributed by atoms with van der Waals surface area (Å²) >= 11 is 0. The highest BCUT2D eigenvalue weighted by Crippen LogP contribution is 2.30. The average Bonchev–Trinajstić information content (AvgIpc) is 2.47. The molecule has 2 atom stereocenters. The van der Waals surface area contributed by atoms with E-state index in [4.69, 9.17) is 0 Å². The molecule has 0 saturated heterocycles. The van der Waals surface area contributed by atoms with Crippen LogP contribution >= 0.6 is 0 Å². The van der Waals surface area contributed by atoms with Crippen LogP contribution in [0.25, 0.3) is 0 Å². The van der Waals surface area contributed by atoms with Gasteiger partial charge in [0.05, 0.1) is 11.3 Å². The summed E-state index contributed by atoms with van der Waals surface area (Å²) in [5.41, 5.74) is 1.08. The van der Waals surface area contributed by atoms with Crippen LogP contribution in [0.1, 0.15) is 42.8 Å². The van der Waals surface area contributed by atoms with Gasteiger partial charge in [-0.05, 0) is 43.7 Å².